The number of benzene rings is 1. The van der Waals surface area contributed by atoms with Crippen LogP contribution in [-0.2, 0) is 33.0 Å². The molecule has 0 bridgehead atoms. The van der Waals surface area contributed by atoms with E-state index in [1.54, 1.807) is 24.7 Å². The second-order valence-electron chi connectivity index (χ2n) is 9.99. The Labute approximate surface area is 208 Å². The molecule has 0 spiro atoms. The summed E-state index contributed by atoms with van der Waals surface area (Å²) >= 11 is 0. The Morgan fingerprint density at radius 2 is 2.06 bits per heavy atom. The van der Waals surface area contributed by atoms with E-state index in [0.717, 1.165) is 34.3 Å². The summed E-state index contributed by atoms with van der Waals surface area (Å²) in [4.78, 5) is 38.0. The molecule has 2 aromatic heterocycles. The molecule has 1 N–H and O–H groups in total. The van der Waals surface area contributed by atoms with Crippen LogP contribution in [0.25, 0.3) is 22.3 Å². The number of fused-ring (bicyclic) bond motifs is 5. The van der Waals surface area contributed by atoms with Gasteiger partial charge in [-0.2, -0.15) is 4.99 Å². The summed E-state index contributed by atoms with van der Waals surface area (Å²) in [6, 6.07) is 8.04. The molecule has 0 fully saturated rings. The number of anilines is 1. The topological polar surface area (TPSA) is 106 Å². The van der Waals surface area contributed by atoms with Gasteiger partial charge in [-0.1, -0.05) is 26.8 Å². The highest BCUT2D eigenvalue weighted by atomic mass is 16.6. The van der Waals surface area contributed by atoms with E-state index in [4.69, 9.17) is 19.5 Å². The fourth-order valence-corrected chi connectivity index (χ4v) is 5.49. The van der Waals surface area contributed by atoms with Gasteiger partial charge in [-0.25, -0.2) is 9.78 Å². The van der Waals surface area contributed by atoms with Crippen molar-refractivity contribution >= 4 is 34.3 Å². The molecule has 0 saturated carbocycles. The molecular formula is C27H28N4O5. The lowest BCUT2D eigenvalue weighted by Crippen LogP contribution is -2.44. The summed E-state index contributed by atoms with van der Waals surface area (Å²) in [6.07, 6.45) is 1.03. The summed E-state index contributed by atoms with van der Waals surface area (Å²) in [7, 11) is 1.61. The number of methoxy groups -OCH3 is 1. The standard InChI is InChI=1S/C27H28N4O5/c1-5-27(34)17-11-20-22-15(12-31(20)24(32)16(17)13-36-25(27)33)23-21-18(28-22)7-6-8-19(21)29-26(35-4)30(23)10-9-14(2)3/h6-8,11,14,34H,5,9-10,12-13H2,1-4H3. The smallest absolute Gasteiger partial charge is 0.343 e. The van der Waals surface area contributed by atoms with Crippen molar-refractivity contribution in [2.24, 2.45) is 10.9 Å². The number of cyclic esters (lactones) is 1. The van der Waals surface area contributed by atoms with E-state index in [9.17, 15) is 14.7 Å². The minimum absolute atomic E-state index is 0.102. The van der Waals surface area contributed by atoms with Crippen molar-refractivity contribution < 1.29 is 19.4 Å². The number of aromatic nitrogens is 2. The van der Waals surface area contributed by atoms with Crippen LogP contribution in [0.3, 0.4) is 0 Å². The average Bonchev–Trinajstić information content (AvgIpc) is 3.24. The van der Waals surface area contributed by atoms with Crippen molar-refractivity contribution in [1.82, 2.24) is 9.55 Å². The molecule has 9 heteroatoms. The van der Waals surface area contributed by atoms with Crippen LogP contribution in [0, 0.1) is 5.92 Å². The second kappa shape index (κ2) is 7.89. The molecule has 186 valence electrons. The number of aliphatic hydroxyl groups is 1. The van der Waals surface area contributed by atoms with Gasteiger partial charge in [0.15, 0.2) is 5.60 Å². The molecule has 0 saturated heterocycles. The van der Waals surface area contributed by atoms with E-state index >= 15 is 0 Å². The first-order valence-electron chi connectivity index (χ1n) is 12.3. The van der Waals surface area contributed by atoms with Crippen molar-refractivity contribution in [3.8, 4) is 11.4 Å². The number of carbonyl (C=O) groups is 1. The van der Waals surface area contributed by atoms with Crippen LogP contribution in [0.5, 0.6) is 0 Å². The molecule has 5 heterocycles. The Morgan fingerprint density at radius 1 is 1.25 bits per heavy atom. The molecule has 1 aromatic carbocycles. The average molecular weight is 489 g/mol. The van der Waals surface area contributed by atoms with E-state index in [1.807, 2.05) is 18.2 Å². The fourth-order valence-electron chi connectivity index (χ4n) is 5.49. The number of hydrogen-bond donors (Lipinski definition) is 1. The molecule has 3 aromatic rings. The predicted octanol–water partition coefficient (Wildman–Crippen LogP) is 3.58. The maximum Gasteiger partial charge on any atom is 0.343 e. The van der Waals surface area contributed by atoms with Crippen LogP contribution >= 0.6 is 0 Å². The van der Waals surface area contributed by atoms with Gasteiger partial charge < -0.3 is 19.1 Å². The quantitative estimate of drug-likeness (QED) is 0.438. The van der Waals surface area contributed by atoms with Gasteiger partial charge in [0.05, 0.1) is 52.9 Å². The number of hydrogen-bond acceptors (Lipinski definition) is 8. The van der Waals surface area contributed by atoms with Gasteiger partial charge in [-0.15, -0.1) is 0 Å². The maximum absolute atomic E-state index is 13.6. The number of pyridine rings is 2. The number of rotatable bonds is 4. The van der Waals surface area contributed by atoms with Crippen molar-refractivity contribution in [2.45, 2.75) is 52.4 Å². The molecule has 1 unspecified atom stereocenters. The van der Waals surface area contributed by atoms with Gasteiger partial charge >= 0.3 is 5.97 Å². The number of aliphatic imine (C=N–C) groups is 1. The number of nitrogens with zero attached hydrogens (tertiary/aromatic N) is 4. The second-order valence-corrected chi connectivity index (χ2v) is 9.99. The first kappa shape index (κ1) is 22.7. The van der Waals surface area contributed by atoms with Crippen molar-refractivity contribution in [3.05, 3.63) is 51.3 Å². The van der Waals surface area contributed by atoms with Crippen LogP contribution in [-0.4, -0.2) is 40.3 Å². The molecule has 36 heavy (non-hydrogen) atoms. The first-order valence-corrected chi connectivity index (χ1v) is 12.3. The molecule has 0 amide bonds. The van der Waals surface area contributed by atoms with Crippen LogP contribution < -0.4 is 10.5 Å². The summed E-state index contributed by atoms with van der Waals surface area (Å²) in [6.45, 7) is 6.91. The zero-order chi connectivity index (χ0) is 25.4. The molecule has 0 radical (unpaired) electrons. The normalized spacial score (nSPS) is 19.7. The van der Waals surface area contributed by atoms with Crippen molar-refractivity contribution in [3.63, 3.8) is 0 Å². The van der Waals surface area contributed by atoms with Gasteiger partial charge in [0.2, 0.25) is 0 Å². The maximum atomic E-state index is 13.6. The summed E-state index contributed by atoms with van der Waals surface area (Å²) in [5.74, 6) is -0.256. The van der Waals surface area contributed by atoms with Gasteiger partial charge in [-0.3, -0.25) is 9.69 Å². The minimum Gasteiger partial charge on any atom is -0.468 e. The minimum atomic E-state index is -1.86. The van der Waals surface area contributed by atoms with E-state index in [1.165, 1.54) is 0 Å². The van der Waals surface area contributed by atoms with E-state index < -0.39 is 11.6 Å². The monoisotopic (exact) mass is 488 g/mol. The molecular weight excluding hydrogens is 460 g/mol. The van der Waals surface area contributed by atoms with Crippen LogP contribution in [0.2, 0.25) is 0 Å². The van der Waals surface area contributed by atoms with Crippen LogP contribution in [0.1, 0.15) is 50.3 Å². The Kier molecular flexibility index (Phi) is 4.98. The molecule has 3 aliphatic rings. The predicted molar refractivity (Wildman–Crippen MR) is 135 cm³/mol. The number of esters is 1. The third-order valence-corrected chi connectivity index (χ3v) is 7.49. The Hall–Kier alpha value is -3.72. The van der Waals surface area contributed by atoms with E-state index in [2.05, 4.69) is 18.7 Å². The lowest BCUT2D eigenvalue weighted by atomic mass is 9.86. The largest absolute Gasteiger partial charge is 0.468 e. The SMILES string of the molecule is CCC1(O)C(=O)OCc2c1cc1n(c2=O)Cc2c-1nc1cccc3c1c2N(CCC(C)C)C(OC)=N3. The third kappa shape index (κ3) is 2.98. The summed E-state index contributed by atoms with van der Waals surface area (Å²) in [5.41, 5.74) is 3.12. The number of amidine groups is 1. The lowest BCUT2D eigenvalue weighted by Gasteiger charge is -2.31. The van der Waals surface area contributed by atoms with Gasteiger partial charge in [0, 0.05) is 17.7 Å². The van der Waals surface area contributed by atoms with E-state index in [-0.39, 0.29) is 18.6 Å². The number of carbonyl (C=O) groups excluding carboxylic acids is 1. The highest BCUT2D eigenvalue weighted by Gasteiger charge is 2.46. The van der Waals surface area contributed by atoms with E-state index in [0.29, 0.717) is 47.5 Å². The van der Waals surface area contributed by atoms with Gasteiger partial charge in [0.25, 0.3) is 11.6 Å². The molecule has 1 atom stereocenters. The lowest BCUT2D eigenvalue weighted by molar-refractivity contribution is -0.172. The van der Waals surface area contributed by atoms with Crippen molar-refractivity contribution in [2.75, 3.05) is 18.6 Å². The molecule has 9 nitrogen and oxygen atoms in total. The molecule has 6 rings (SSSR count). The highest BCUT2D eigenvalue weighted by Crippen LogP contribution is 2.47. The Morgan fingerprint density at radius 3 is 2.78 bits per heavy atom. The summed E-state index contributed by atoms with van der Waals surface area (Å²) in [5, 5.41) is 12.1. The fraction of sp³-hybridized carbons (Fsp3) is 0.407. The Balaban J connectivity index is 1.63. The van der Waals surface area contributed by atoms with Gasteiger partial charge in [0.1, 0.15) is 6.61 Å². The third-order valence-electron chi connectivity index (χ3n) is 7.49. The van der Waals surface area contributed by atoms with Crippen LogP contribution in [0.15, 0.2) is 34.1 Å². The zero-order valence-electron chi connectivity index (χ0n) is 20.8. The highest BCUT2D eigenvalue weighted by molar-refractivity contribution is 6.14. The van der Waals surface area contributed by atoms with Crippen molar-refractivity contribution in [1.29, 1.82) is 0 Å². The Bertz CT molecular complexity index is 1540. The summed E-state index contributed by atoms with van der Waals surface area (Å²) < 4.78 is 12.6. The zero-order valence-corrected chi connectivity index (χ0v) is 20.8. The molecule has 3 aliphatic heterocycles. The number of ether oxygens (including phenoxy) is 2. The molecule has 0 aliphatic carbocycles. The first-order chi connectivity index (χ1) is 17.3. The van der Waals surface area contributed by atoms with Crippen LogP contribution in [0.4, 0.5) is 11.4 Å². The van der Waals surface area contributed by atoms with Gasteiger partial charge in [-0.05, 0) is 37.0 Å².